The van der Waals surface area contributed by atoms with Crippen LogP contribution < -0.4 is 0 Å². The van der Waals surface area contributed by atoms with Crippen LogP contribution in [0.4, 0.5) is 0 Å². The van der Waals surface area contributed by atoms with E-state index in [0.29, 0.717) is 12.8 Å². The number of hydrogen-bond acceptors (Lipinski definition) is 8. The van der Waals surface area contributed by atoms with Gasteiger partial charge in [0.15, 0.2) is 6.10 Å². The van der Waals surface area contributed by atoms with Crippen LogP contribution in [0, 0.1) is 45.1 Å². The summed E-state index contributed by atoms with van der Waals surface area (Å²) in [5.74, 6) is -1.92. The summed E-state index contributed by atoms with van der Waals surface area (Å²) in [5.41, 5.74) is 4.58. The molecule has 316 valence electrons. The zero-order valence-corrected chi connectivity index (χ0v) is 34.2. The molecule has 0 fully saturated rings. The van der Waals surface area contributed by atoms with Crippen LogP contribution >= 0.6 is 0 Å². The van der Waals surface area contributed by atoms with Crippen LogP contribution in [-0.4, -0.2) is 56.9 Å². The highest BCUT2D eigenvalue weighted by atomic mass is 16.6. The van der Waals surface area contributed by atoms with E-state index in [4.69, 9.17) is 15.5 Å². The summed E-state index contributed by atoms with van der Waals surface area (Å²) >= 11 is 0. The Labute approximate surface area is 345 Å². The van der Waals surface area contributed by atoms with Gasteiger partial charge in [0.25, 0.3) is 0 Å². The number of aldehydes is 1. The summed E-state index contributed by atoms with van der Waals surface area (Å²) in [6, 6.07) is 41.1. The van der Waals surface area contributed by atoms with Crippen LogP contribution in [0.2, 0.25) is 0 Å². The number of carbonyl (C=O) groups is 4. The summed E-state index contributed by atoms with van der Waals surface area (Å²) in [5, 5.41) is 43.0. The number of benzene rings is 4. The number of Topliss-reactive ketones (excluding diaryl/α,β-unsaturated/α-hetero) is 1. The van der Waals surface area contributed by atoms with Crippen molar-refractivity contribution < 1.29 is 39.4 Å². The number of nitriles is 1. The number of ketones is 1. The molecule has 5 atom stereocenters. The van der Waals surface area contributed by atoms with Crippen molar-refractivity contribution in [3.05, 3.63) is 154 Å². The van der Waals surface area contributed by atoms with Crippen LogP contribution in [0.15, 0.2) is 121 Å². The van der Waals surface area contributed by atoms with Crippen molar-refractivity contribution in [2.24, 2.45) is 23.7 Å². The molecular formula is C47H64N2O9. The van der Waals surface area contributed by atoms with Gasteiger partial charge in [0, 0.05) is 30.6 Å². The molecule has 5 unspecified atom stereocenters. The lowest BCUT2D eigenvalue weighted by atomic mass is 9.96. The Bertz CT molecular complexity index is 1640. The Morgan fingerprint density at radius 3 is 1.22 bits per heavy atom. The first kappa shape index (κ1) is 56.3. The first-order chi connectivity index (χ1) is 27.0. The molecule has 0 aromatic heterocycles. The Hall–Kier alpha value is -5.99. The van der Waals surface area contributed by atoms with Gasteiger partial charge < -0.3 is 20.1 Å². The van der Waals surface area contributed by atoms with Crippen molar-refractivity contribution >= 4 is 24.0 Å². The van der Waals surface area contributed by atoms with Crippen LogP contribution in [0.3, 0.4) is 0 Å². The number of carbonyl (C=O) groups excluding carboxylic acids is 2. The highest BCUT2D eigenvalue weighted by molar-refractivity contribution is 5.78. The lowest BCUT2D eigenvalue weighted by Gasteiger charge is -2.14. The topological polar surface area (TPSA) is 196 Å². The second-order valence-corrected chi connectivity index (χ2v) is 13.3. The van der Waals surface area contributed by atoms with Gasteiger partial charge >= 0.3 is 11.9 Å². The number of aliphatic carboxylic acids is 2. The maximum absolute atomic E-state index is 10.9. The van der Waals surface area contributed by atoms with Gasteiger partial charge in [-0.2, -0.15) is 5.26 Å². The lowest BCUT2D eigenvalue weighted by Crippen LogP contribution is -2.28. The standard InChI is InChI=1S/C11H14O3.C11H14O.C10H12O2.C10H12O.C2H5NO2.C2H3N.CH4/c1-8(10(12)11(13)14)7-9-5-3-2-4-6-9;1-9(10(2)12)8-11-6-4-3-5-7-11;1-8(10(11)12)7-9-5-3-2-4-6-9;1-9(8-11)7-10-5-3-2-4-6-10;1-2-3(4)5;1-2-3;/h2-6,8,10,12H,7H2,1H3,(H,13,14);3-7,9H,8H2,1-2H3;2-6,8H,7H2,1H3,(H,11,12);2-6,8-9H,7H2,1H3;2H2,1H3;1H3;1H4. The number of rotatable bonds is 14. The molecule has 0 radical (unpaired) electrons. The average Bonchev–Trinajstić information content (AvgIpc) is 3.20. The maximum atomic E-state index is 10.9. The highest BCUT2D eigenvalue weighted by Gasteiger charge is 2.21. The fourth-order valence-corrected chi connectivity index (χ4v) is 4.54. The van der Waals surface area contributed by atoms with Gasteiger partial charge in [-0.05, 0) is 60.8 Å². The molecule has 4 rings (SSSR count). The molecule has 0 aliphatic heterocycles. The second kappa shape index (κ2) is 35.4. The molecule has 58 heavy (non-hydrogen) atoms. The average molecular weight is 801 g/mol. The molecule has 0 bridgehead atoms. The molecule has 0 saturated carbocycles. The monoisotopic (exact) mass is 800 g/mol. The number of nitrogens with zero attached hydrogens (tertiary/aromatic N) is 2. The molecule has 0 heterocycles. The molecule has 0 spiro atoms. The summed E-state index contributed by atoms with van der Waals surface area (Å²) in [4.78, 5) is 51.0. The van der Waals surface area contributed by atoms with Gasteiger partial charge in [-0.25, -0.2) is 4.79 Å². The predicted molar refractivity (Wildman–Crippen MR) is 231 cm³/mol. The molecule has 4 aromatic rings. The van der Waals surface area contributed by atoms with Crippen molar-refractivity contribution in [1.29, 1.82) is 5.26 Å². The Morgan fingerprint density at radius 2 is 0.966 bits per heavy atom. The summed E-state index contributed by atoms with van der Waals surface area (Å²) in [6.07, 6.45) is 2.60. The van der Waals surface area contributed by atoms with Crippen molar-refractivity contribution in [2.75, 3.05) is 6.54 Å². The Balaban J connectivity index is -0.000000652. The van der Waals surface area contributed by atoms with Crippen LogP contribution in [0.5, 0.6) is 0 Å². The fourth-order valence-electron chi connectivity index (χ4n) is 4.54. The molecule has 3 N–H and O–H groups in total. The quantitative estimate of drug-likeness (QED) is 0.0628. The van der Waals surface area contributed by atoms with Crippen molar-refractivity contribution in [3.8, 4) is 6.07 Å². The maximum Gasteiger partial charge on any atom is 0.332 e. The van der Waals surface area contributed by atoms with Gasteiger partial charge in [0.1, 0.15) is 12.1 Å². The number of aliphatic hydroxyl groups excluding tert-OH is 1. The first-order valence-electron chi connectivity index (χ1n) is 18.7. The van der Waals surface area contributed by atoms with Crippen LogP contribution in [-0.2, 0) is 44.9 Å². The molecule has 0 saturated heterocycles. The van der Waals surface area contributed by atoms with Gasteiger partial charge in [-0.1, -0.05) is 156 Å². The number of hydrogen-bond donors (Lipinski definition) is 3. The van der Waals surface area contributed by atoms with Crippen molar-refractivity contribution in [3.63, 3.8) is 0 Å². The van der Waals surface area contributed by atoms with E-state index in [1.54, 1.807) is 26.8 Å². The minimum atomic E-state index is -1.28. The van der Waals surface area contributed by atoms with Gasteiger partial charge in [0.2, 0.25) is 6.54 Å². The first-order valence-corrected chi connectivity index (χ1v) is 18.7. The van der Waals surface area contributed by atoms with Crippen LogP contribution in [0.25, 0.3) is 0 Å². The van der Waals surface area contributed by atoms with Crippen molar-refractivity contribution in [2.45, 2.75) is 87.7 Å². The number of aliphatic hydroxyl groups is 1. The van der Waals surface area contributed by atoms with E-state index in [9.17, 15) is 34.4 Å². The zero-order valence-electron chi connectivity index (χ0n) is 34.2. The molecule has 0 aliphatic carbocycles. The summed E-state index contributed by atoms with van der Waals surface area (Å²) in [7, 11) is 0. The number of carboxylic acids is 2. The smallest absolute Gasteiger partial charge is 0.332 e. The van der Waals surface area contributed by atoms with Crippen molar-refractivity contribution in [1.82, 2.24) is 0 Å². The molecular weight excluding hydrogens is 737 g/mol. The van der Waals surface area contributed by atoms with Gasteiger partial charge in [-0.3, -0.25) is 19.7 Å². The molecule has 0 amide bonds. The lowest BCUT2D eigenvalue weighted by molar-refractivity contribution is -0.475. The fraction of sp³-hybridized carbons (Fsp3) is 0.383. The minimum absolute atomic E-state index is 0. The molecule has 4 aromatic carbocycles. The molecule has 11 heteroatoms. The normalized spacial score (nSPS) is 11.8. The van der Waals surface area contributed by atoms with E-state index in [1.807, 2.05) is 123 Å². The minimum Gasteiger partial charge on any atom is -0.481 e. The van der Waals surface area contributed by atoms with Gasteiger partial charge in [0.05, 0.1) is 12.0 Å². The number of carboxylic acid groups (broad SMARTS) is 2. The third-order valence-corrected chi connectivity index (χ3v) is 7.97. The van der Waals surface area contributed by atoms with E-state index in [2.05, 4.69) is 12.1 Å². The molecule has 0 aliphatic rings. The van der Waals surface area contributed by atoms with E-state index in [1.165, 1.54) is 25.0 Å². The Morgan fingerprint density at radius 1 is 0.672 bits per heavy atom. The third kappa shape index (κ3) is 31.2. The summed E-state index contributed by atoms with van der Waals surface area (Å²) < 4.78 is 0. The van der Waals surface area contributed by atoms with Gasteiger partial charge in [-0.15, -0.1) is 0 Å². The second-order valence-electron chi connectivity index (χ2n) is 13.3. The summed E-state index contributed by atoms with van der Waals surface area (Å²) in [6.45, 7) is 11.9. The van der Waals surface area contributed by atoms with E-state index >= 15 is 0 Å². The van der Waals surface area contributed by atoms with Crippen LogP contribution in [0.1, 0.15) is 78.1 Å². The highest BCUT2D eigenvalue weighted by Crippen LogP contribution is 2.12. The van der Waals surface area contributed by atoms with E-state index in [-0.39, 0.29) is 48.3 Å². The zero-order chi connectivity index (χ0) is 43.6. The largest absolute Gasteiger partial charge is 0.481 e. The number of nitro groups is 1. The Kier molecular flexibility index (Phi) is 34.4. The predicted octanol–water partition coefficient (Wildman–Crippen LogP) is 9.23. The van der Waals surface area contributed by atoms with E-state index < -0.39 is 18.0 Å². The van der Waals surface area contributed by atoms with E-state index in [0.717, 1.165) is 30.3 Å². The molecule has 11 nitrogen and oxygen atoms in total. The third-order valence-electron chi connectivity index (χ3n) is 7.97. The SMILES string of the molecule is C.CC#N.CC(=O)C(C)Cc1ccccc1.CC(C=O)Cc1ccccc1.CC(Cc1ccccc1)C(=O)O.CC(Cc1ccccc1)C(O)C(=O)O.CC[N+](=O)[O-].